The van der Waals surface area contributed by atoms with Gasteiger partial charge in [0.25, 0.3) is 0 Å². The summed E-state index contributed by atoms with van der Waals surface area (Å²) >= 11 is 1.57. The highest BCUT2D eigenvalue weighted by Gasteiger charge is 2.57. The first-order chi connectivity index (χ1) is 12.3. The van der Waals surface area contributed by atoms with Crippen LogP contribution in [0.4, 0.5) is 0 Å². The zero-order valence-corrected chi connectivity index (χ0v) is 16.2. The minimum absolute atomic E-state index is 0.118. The van der Waals surface area contributed by atoms with E-state index in [1.165, 1.54) is 10.5 Å². The summed E-state index contributed by atoms with van der Waals surface area (Å²) < 4.78 is 0. The van der Waals surface area contributed by atoms with Gasteiger partial charge >= 0.3 is 5.97 Å². The Morgan fingerprint density at radius 3 is 2.88 bits per heavy atom. The number of hydrogen-bond donors (Lipinski definition) is 4. The van der Waals surface area contributed by atoms with Crippen molar-refractivity contribution >= 4 is 23.6 Å². The molecule has 8 heteroatoms. The fourth-order valence-electron chi connectivity index (χ4n) is 4.17. The molecule has 0 radical (unpaired) electrons. The van der Waals surface area contributed by atoms with E-state index in [4.69, 9.17) is 0 Å². The molecule has 144 valence electrons. The second-order valence-electron chi connectivity index (χ2n) is 7.36. The molecule has 0 unspecified atom stereocenters. The van der Waals surface area contributed by atoms with Gasteiger partial charge in [-0.1, -0.05) is 11.6 Å². The van der Waals surface area contributed by atoms with E-state index < -0.39 is 18.0 Å². The summed E-state index contributed by atoms with van der Waals surface area (Å²) in [5.41, 5.74) is 1.39. The summed E-state index contributed by atoms with van der Waals surface area (Å²) in [5, 5.41) is 26.3. The number of β-lactam (4-membered cyclic amide) rings is 1. The van der Waals surface area contributed by atoms with Crippen molar-refractivity contribution < 1.29 is 19.8 Å². The number of carbonyl (C=O) groups is 2. The van der Waals surface area contributed by atoms with Crippen molar-refractivity contribution in [3.05, 3.63) is 22.3 Å². The Kier molecular flexibility index (Phi) is 5.76. The van der Waals surface area contributed by atoms with E-state index in [1.54, 1.807) is 18.7 Å². The van der Waals surface area contributed by atoms with E-state index in [9.17, 15) is 19.8 Å². The molecule has 0 aliphatic carbocycles. The molecule has 7 nitrogen and oxygen atoms in total. The van der Waals surface area contributed by atoms with Gasteiger partial charge in [0, 0.05) is 35.7 Å². The number of carbonyl (C=O) groups excluding carboxylic acids is 1. The number of rotatable bonds is 7. The first-order valence-corrected chi connectivity index (χ1v) is 9.91. The third-order valence-electron chi connectivity index (χ3n) is 5.27. The number of carboxylic acids is 1. The van der Waals surface area contributed by atoms with Crippen LogP contribution >= 0.6 is 11.8 Å². The lowest BCUT2D eigenvalue weighted by Gasteiger charge is -2.44. The van der Waals surface area contributed by atoms with Crippen molar-refractivity contribution in [1.82, 2.24) is 15.5 Å². The van der Waals surface area contributed by atoms with Crippen LogP contribution in [0.25, 0.3) is 0 Å². The third kappa shape index (κ3) is 3.55. The van der Waals surface area contributed by atoms with Gasteiger partial charge in [-0.3, -0.25) is 4.79 Å². The lowest BCUT2D eigenvalue weighted by Crippen LogP contribution is -2.61. The number of nitrogens with one attached hydrogen (secondary N) is 2. The van der Waals surface area contributed by atoms with Crippen molar-refractivity contribution in [1.29, 1.82) is 0 Å². The molecule has 1 amide bonds. The van der Waals surface area contributed by atoms with Crippen LogP contribution in [0.15, 0.2) is 22.3 Å². The average molecular weight is 381 g/mol. The van der Waals surface area contributed by atoms with Crippen LogP contribution in [0.2, 0.25) is 0 Å². The standard InChI is InChI=1S/C18H27N3O4S/c1-9(7-19-3)4-11-5-12(8-20-11)26-14-6-13-15(10(2)22)17(23)21(13)16(14)18(24)25/h4,10-13,15,19-20,22H,5-8H2,1-3H3,(H,24,25)/b9-4+/t10-,11-,12+,13-,15-/m1/s1. The topological polar surface area (TPSA) is 102 Å². The Balaban J connectivity index is 1.67. The second kappa shape index (κ2) is 7.72. The molecule has 3 aliphatic heterocycles. The number of likely N-dealkylation sites (N-methyl/N-ethyl adjacent to an activating group) is 1. The van der Waals surface area contributed by atoms with Gasteiger partial charge in [-0.15, -0.1) is 11.8 Å². The van der Waals surface area contributed by atoms with Gasteiger partial charge in [-0.25, -0.2) is 4.79 Å². The van der Waals surface area contributed by atoms with Gasteiger partial charge in [0.1, 0.15) is 5.70 Å². The number of aliphatic hydroxyl groups excluding tert-OH is 1. The molecule has 0 bridgehead atoms. The van der Waals surface area contributed by atoms with Crippen LogP contribution in [-0.4, -0.2) is 70.6 Å². The highest BCUT2D eigenvalue weighted by Crippen LogP contribution is 2.48. The molecule has 0 spiro atoms. The highest BCUT2D eigenvalue weighted by molar-refractivity contribution is 8.03. The summed E-state index contributed by atoms with van der Waals surface area (Å²) in [6.45, 7) is 5.35. The van der Waals surface area contributed by atoms with Crippen LogP contribution in [0.3, 0.4) is 0 Å². The summed E-state index contributed by atoms with van der Waals surface area (Å²) in [6.07, 6.45) is 2.93. The molecule has 0 saturated carbocycles. The minimum Gasteiger partial charge on any atom is -0.477 e. The molecule has 5 atom stereocenters. The Bertz CT molecular complexity index is 661. The van der Waals surface area contributed by atoms with Gasteiger partial charge < -0.3 is 25.7 Å². The summed E-state index contributed by atoms with van der Waals surface area (Å²) in [4.78, 5) is 26.1. The number of aliphatic hydroxyl groups is 1. The molecule has 26 heavy (non-hydrogen) atoms. The van der Waals surface area contributed by atoms with Gasteiger partial charge in [0.15, 0.2) is 0 Å². The molecule has 3 heterocycles. The maximum atomic E-state index is 12.3. The Labute approximate surface area is 157 Å². The van der Waals surface area contributed by atoms with E-state index in [2.05, 4.69) is 23.6 Å². The van der Waals surface area contributed by atoms with Gasteiger partial charge in [0.2, 0.25) is 5.91 Å². The number of carboxylic acid groups (broad SMARTS) is 1. The molecule has 0 aromatic rings. The zero-order chi connectivity index (χ0) is 19.0. The van der Waals surface area contributed by atoms with Crippen molar-refractivity contribution in [2.45, 2.75) is 50.1 Å². The van der Waals surface area contributed by atoms with Gasteiger partial charge in [0.05, 0.1) is 18.1 Å². The Morgan fingerprint density at radius 1 is 1.54 bits per heavy atom. The quantitative estimate of drug-likeness (QED) is 0.377. The van der Waals surface area contributed by atoms with Crippen molar-refractivity contribution in [3.8, 4) is 0 Å². The maximum absolute atomic E-state index is 12.3. The third-order valence-corrected chi connectivity index (χ3v) is 6.60. The smallest absolute Gasteiger partial charge is 0.353 e. The molecule has 3 aliphatic rings. The highest BCUT2D eigenvalue weighted by atomic mass is 32.2. The number of hydrogen-bond acceptors (Lipinski definition) is 6. The zero-order valence-electron chi connectivity index (χ0n) is 15.4. The van der Waals surface area contributed by atoms with Crippen LogP contribution in [-0.2, 0) is 9.59 Å². The number of nitrogens with zero attached hydrogens (tertiary/aromatic N) is 1. The van der Waals surface area contributed by atoms with Gasteiger partial charge in [-0.05, 0) is 27.3 Å². The molecular weight excluding hydrogens is 354 g/mol. The predicted molar refractivity (Wildman–Crippen MR) is 101 cm³/mol. The van der Waals surface area contributed by atoms with Crippen molar-refractivity contribution in [2.75, 3.05) is 20.1 Å². The number of thioether (sulfide) groups is 1. The molecule has 0 aromatic heterocycles. The fourth-order valence-corrected chi connectivity index (χ4v) is 5.62. The number of amides is 1. The van der Waals surface area contributed by atoms with E-state index >= 15 is 0 Å². The van der Waals surface area contributed by atoms with E-state index in [0.717, 1.165) is 24.4 Å². The van der Waals surface area contributed by atoms with E-state index in [1.807, 2.05) is 7.05 Å². The first-order valence-electron chi connectivity index (χ1n) is 9.03. The average Bonchev–Trinajstić information content (AvgIpc) is 3.10. The normalized spacial score (nSPS) is 32.7. The monoisotopic (exact) mass is 381 g/mol. The number of fused-ring (bicyclic) bond motifs is 1. The Morgan fingerprint density at radius 2 is 2.27 bits per heavy atom. The van der Waals surface area contributed by atoms with Gasteiger partial charge in [-0.2, -0.15) is 0 Å². The molecule has 2 saturated heterocycles. The molecule has 4 N–H and O–H groups in total. The SMILES string of the molecule is CNC/C(C)=C/[C@@H]1C[C@H](SC2=C(C(=O)O)N3C(=O)[C@H]([C@@H](C)O)[C@H]3C2)CN1. The Hall–Kier alpha value is -1.35. The van der Waals surface area contributed by atoms with E-state index in [-0.39, 0.29) is 22.9 Å². The predicted octanol–water partition coefficient (Wildman–Crippen LogP) is 0.524. The minimum atomic E-state index is -1.06. The van der Waals surface area contributed by atoms with E-state index in [0.29, 0.717) is 12.5 Å². The number of aliphatic carboxylic acids is 1. The van der Waals surface area contributed by atoms with Crippen LogP contribution < -0.4 is 10.6 Å². The summed E-state index contributed by atoms with van der Waals surface area (Å²) in [7, 11) is 1.92. The molecular formula is C18H27N3O4S. The summed E-state index contributed by atoms with van der Waals surface area (Å²) in [6, 6.07) is 0.0824. The molecule has 2 fully saturated rings. The summed E-state index contributed by atoms with van der Waals surface area (Å²) in [5.74, 6) is -1.81. The molecule has 0 aromatic carbocycles. The fraction of sp³-hybridized carbons (Fsp3) is 0.667. The van der Waals surface area contributed by atoms with Crippen LogP contribution in [0.1, 0.15) is 26.7 Å². The van der Waals surface area contributed by atoms with Crippen LogP contribution in [0, 0.1) is 5.92 Å². The maximum Gasteiger partial charge on any atom is 0.353 e. The van der Waals surface area contributed by atoms with Crippen molar-refractivity contribution in [2.24, 2.45) is 5.92 Å². The first kappa shape index (κ1) is 19.4. The largest absolute Gasteiger partial charge is 0.477 e. The van der Waals surface area contributed by atoms with Crippen LogP contribution in [0.5, 0.6) is 0 Å². The lowest BCUT2D eigenvalue weighted by molar-refractivity contribution is -0.161. The lowest BCUT2D eigenvalue weighted by atomic mass is 9.83. The van der Waals surface area contributed by atoms with Crippen molar-refractivity contribution in [3.63, 3.8) is 0 Å². The molecule has 3 rings (SSSR count). The second-order valence-corrected chi connectivity index (χ2v) is 8.75.